The summed E-state index contributed by atoms with van der Waals surface area (Å²) >= 11 is 0. The van der Waals surface area contributed by atoms with Crippen molar-refractivity contribution in [1.82, 2.24) is 4.90 Å². The Hall–Kier alpha value is -1.49. The maximum absolute atomic E-state index is 13.2. The number of aryl methyl sites for hydroxylation is 1. The van der Waals surface area contributed by atoms with Gasteiger partial charge in [-0.05, 0) is 24.6 Å². The van der Waals surface area contributed by atoms with Crippen LogP contribution < -0.4 is 4.90 Å². The first-order chi connectivity index (χ1) is 8.49. The van der Waals surface area contributed by atoms with Gasteiger partial charge in [-0.15, -0.1) is 0 Å². The van der Waals surface area contributed by atoms with E-state index in [1.165, 1.54) is 4.90 Å². The highest BCUT2D eigenvalue weighted by Crippen LogP contribution is 2.16. The highest BCUT2D eigenvalue weighted by molar-refractivity contribution is 5.95. The topological polar surface area (TPSA) is 24.8 Å². The van der Waals surface area contributed by atoms with Crippen LogP contribution in [-0.4, -0.2) is 44.0 Å². The zero-order valence-electron chi connectivity index (χ0n) is 10.6. The van der Waals surface area contributed by atoms with Gasteiger partial charge in [-0.1, -0.05) is 0 Å². The number of piperazine rings is 1. The first-order valence-corrected chi connectivity index (χ1v) is 6.05. The number of halogens is 2. The van der Waals surface area contributed by atoms with Crippen molar-refractivity contribution in [2.45, 2.75) is 6.92 Å². The summed E-state index contributed by atoms with van der Waals surface area (Å²) in [6, 6.07) is 2.07. The van der Waals surface area contributed by atoms with Crippen LogP contribution in [0, 0.1) is 18.6 Å². The number of likely N-dealkylation sites (N-methyl/N-ethyl adjacent to an activating group) is 1. The van der Waals surface area contributed by atoms with Gasteiger partial charge in [0.25, 0.3) is 5.91 Å². The molecule has 1 amide bonds. The molecule has 1 fully saturated rings. The van der Waals surface area contributed by atoms with Crippen LogP contribution in [-0.2, 0) is 0 Å². The van der Waals surface area contributed by atoms with Crippen molar-refractivity contribution in [1.29, 1.82) is 0 Å². The Bertz CT molecular complexity index is 468. The van der Waals surface area contributed by atoms with Crippen LogP contribution in [0.15, 0.2) is 12.1 Å². The molecule has 1 aliphatic rings. The van der Waals surface area contributed by atoms with Crippen molar-refractivity contribution in [3.63, 3.8) is 0 Å². The SMILES string of the molecule is Cc1cc(F)c(F)cc1C(=O)N1CC[NH+](C)CC1. The smallest absolute Gasteiger partial charge is 0.254 e. The first kappa shape index (κ1) is 13.0. The third-order valence-corrected chi connectivity index (χ3v) is 3.40. The van der Waals surface area contributed by atoms with Crippen LogP contribution in [0.1, 0.15) is 15.9 Å². The zero-order valence-corrected chi connectivity index (χ0v) is 10.6. The largest absolute Gasteiger partial charge is 0.334 e. The summed E-state index contributed by atoms with van der Waals surface area (Å²) in [5, 5.41) is 0. The van der Waals surface area contributed by atoms with Crippen molar-refractivity contribution >= 4 is 5.91 Å². The highest BCUT2D eigenvalue weighted by atomic mass is 19.2. The molecule has 1 saturated heterocycles. The lowest BCUT2D eigenvalue weighted by Gasteiger charge is -2.30. The third kappa shape index (κ3) is 2.51. The molecule has 1 N–H and O–H groups in total. The quantitative estimate of drug-likeness (QED) is 0.764. The highest BCUT2D eigenvalue weighted by Gasteiger charge is 2.24. The lowest BCUT2D eigenvalue weighted by atomic mass is 10.1. The van der Waals surface area contributed by atoms with Gasteiger partial charge in [0.2, 0.25) is 0 Å². The number of nitrogens with one attached hydrogen (secondary N) is 1. The van der Waals surface area contributed by atoms with E-state index in [0.29, 0.717) is 18.7 Å². The Morgan fingerprint density at radius 1 is 1.22 bits per heavy atom. The average molecular weight is 255 g/mol. The van der Waals surface area contributed by atoms with E-state index in [1.54, 1.807) is 11.8 Å². The first-order valence-electron chi connectivity index (χ1n) is 6.05. The van der Waals surface area contributed by atoms with Gasteiger partial charge in [-0.3, -0.25) is 4.79 Å². The van der Waals surface area contributed by atoms with Crippen molar-refractivity contribution in [3.8, 4) is 0 Å². The van der Waals surface area contributed by atoms with E-state index in [9.17, 15) is 13.6 Å². The summed E-state index contributed by atoms with van der Waals surface area (Å²) in [6.45, 7) is 4.70. The number of carbonyl (C=O) groups is 1. The number of quaternary nitrogens is 1. The van der Waals surface area contributed by atoms with Crippen LogP contribution in [0.5, 0.6) is 0 Å². The molecule has 0 aromatic heterocycles. The lowest BCUT2D eigenvalue weighted by molar-refractivity contribution is -0.883. The normalized spacial score (nSPS) is 17.0. The van der Waals surface area contributed by atoms with E-state index in [-0.39, 0.29) is 11.5 Å². The third-order valence-electron chi connectivity index (χ3n) is 3.40. The molecular formula is C13H17F2N2O+. The molecule has 0 spiro atoms. The van der Waals surface area contributed by atoms with Crippen molar-refractivity contribution in [2.75, 3.05) is 33.2 Å². The molecule has 2 rings (SSSR count). The fraction of sp³-hybridized carbons (Fsp3) is 0.462. The molecule has 0 atom stereocenters. The summed E-state index contributed by atoms with van der Waals surface area (Å²) in [5.74, 6) is -2.09. The van der Waals surface area contributed by atoms with E-state index in [1.807, 2.05) is 0 Å². The minimum absolute atomic E-state index is 0.209. The molecule has 1 heterocycles. The van der Waals surface area contributed by atoms with Crippen LogP contribution in [0.25, 0.3) is 0 Å². The second kappa shape index (κ2) is 5.02. The summed E-state index contributed by atoms with van der Waals surface area (Å²) in [7, 11) is 2.07. The number of benzene rings is 1. The van der Waals surface area contributed by atoms with E-state index in [4.69, 9.17) is 0 Å². The van der Waals surface area contributed by atoms with Gasteiger partial charge in [0, 0.05) is 5.56 Å². The van der Waals surface area contributed by atoms with Crippen LogP contribution in [0.2, 0.25) is 0 Å². The molecule has 3 nitrogen and oxygen atoms in total. The Labute approximate surface area is 105 Å². The Kier molecular flexibility index (Phi) is 3.61. The summed E-state index contributed by atoms with van der Waals surface area (Å²) in [4.78, 5) is 15.3. The molecule has 1 aromatic carbocycles. The maximum Gasteiger partial charge on any atom is 0.254 e. The standard InChI is InChI=1S/C13H16F2N2O/c1-9-7-11(14)12(15)8-10(9)13(18)17-5-3-16(2)4-6-17/h7-8H,3-6H2,1-2H3/p+1. The Morgan fingerprint density at radius 2 is 1.78 bits per heavy atom. The monoisotopic (exact) mass is 255 g/mol. The van der Waals surface area contributed by atoms with E-state index in [2.05, 4.69) is 7.05 Å². The average Bonchev–Trinajstić information content (AvgIpc) is 2.34. The number of nitrogens with zero attached hydrogens (tertiary/aromatic N) is 1. The van der Waals surface area contributed by atoms with Crippen molar-refractivity contribution < 1.29 is 18.5 Å². The second-order valence-corrected chi connectivity index (χ2v) is 4.83. The zero-order chi connectivity index (χ0) is 13.3. The minimum atomic E-state index is -0.969. The summed E-state index contributed by atoms with van der Waals surface area (Å²) < 4.78 is 26.2. The number of hydrogen-bond acceptors (Lipinski definition) is 1. The van der Waals surface area contributed by atoms with Crippen LogP contribution in [0.3, 0.4) is 0 Å². The van der Waals surface area contributed by atoms with Gasteiger partial charge in [-0.2, -0.15) is 0 Å². The molecule has 5 heteroatoms. The van der Waals surface area contributed by atoms with Crippen LogP contribution >= 0.6 is 0 Å². The minimum Gasteiger partial charge on any atom is -0.334 e. The van der Waals surface area contributed by atoms with E-state index < -0.39 is 11.6 Å². The molecule has 0 saturated carbocycles. The molecule has 0 unspecified atom stereocenters. The number of rotatable bonds is 1. The fourth-order valence-electron chi connectivity index (χ4n) is 2.14. The van der Waals surface area contributed by atoms with Gasteiger partial charge in [0.1, 0.15) is 0 Å². The molecule has 18 heavy (non-hydrogen) atoms. The van der Waals surface area contributed by atoms with Gasteiger partial charge in [0.15, 0.2) is 11.6 Å². The molecule has 0 aliphatic carbocycles. The summed E-state index contributed by atoms with van der Waals surface area (Å²) in [5.41, 5.74) is 0.735. The van der Waals surface area contributed by atoms with Gasteiger partial charge < -0.3 is 9.80 Å². The number of carbonyl (C=O) groups excluding carboxylic acids is 1. The van der Waals surface area contributed by atoms with E-state index >= 15 is 0 Å². The van der Waals surface area contributed by atoms with Gasteiger partial charge in [0.05, 0.1) is 33.2 Å². The van der Waals surface area contributed by atoms with Crippen molar-refractivity contribution in [2.24, 2.45) is 0 Å². The molecule has 0 bridgehead atoms. The summed E-state index contributed by atoms with van der Waals surface area (Å²) in [6.07, 6.45) is 0. The van der Waals surface area contributed by atoms with Crippen LogP contribution in [0.4, 0.5) is 8.78 Å². The van der Waals surface area contributed by atoms with Crippen molar-refractivity contribution in [3.05, 3.63) is 34.9 Å². The molecule has 98 valence electrons. The van der Waals surface area contributed by atoms with Gasteiger partial charge >= 0.3 is 0 Å². The second-order valence-electron chi connectivity index (χ2n) is 4.83. The molecule has 1 aromatic rings. The fourth-order valence-corrected chi connectivity index (χ4v) is 2.14. The predicted molar refractivity (Wildman–Crippen MR) is 63.6 cm³/mol. The Morgan fingerprint density at radius 3 is 2.39 bits per heavy atom. The molecular weight excluding hydrogens is 238 g/mol. The number of amides is 1. The maximum atomic E-state index is 13.2. The van der Waals surface area contributed by atoms with E-state index in [0.717, 1.165) is 25.2 Å². The predicted octanol–water partition coefficient (Wildman–Crippen LogP) is 0.244. The lowest BCUT2D eigenvalue weighted by Crippen LogP contribution is -3.12. The number of hydrogen-bond donors (Lipinski definition) is 1. The Balaban J connectivity index is 2.21. The van der Waals surface area contributed by atoms with Gasteiger partial charge in [-0.25, -0.2) is 8.78 Å². The molecule has 0 radical (unpaired) electrons. The molecule has 1 aliphatic heterocycles.